The molecule has 0 radical (unpaired) electrons. The molecule has 1 unspecified atom stereocenters. The predicted molar refractivity (Wildman–Crippen MR) is 174 cm³/mol. The molecule has 17 nitrogen and oxygen atoms in total. The summed E-state index contributed by atoms with van der Waals surface area (Å²) in [6.07, 6.45) is 1.20. The lowest BCUT2D eigenvalue weighted by molar-refractivity contribution is -0.147. The van der Waals surface area contributed by atoms with Gasteiger partial charge in [0, 0.05) is 18.0 Å². The van der Waals surface area contributed by atoms with Gasteiger partial charge in [0.05, 0.1) is 52.1 Å². The molecule has 0 aliphatic heterocycles. The summed E-state index contributed by atoms with van der Waals surface area (Å²) < 4.78 is 24.1. The number of hydrogen-bond donors (Lipinski definition) is 6. The molecule has 1 saturated carbocycles. The Kier molecular flexibility index (Phi) is 15.0. The summed E-state index contributed by atoms with van der Waals surface area (Å²) in [5, 5.41) is 46.9. The van der Waals surface area contributed by atoms with Gasteiger partial charge in [0.15, 0.2) is 0 Å². The van der Waals surface area contributed by atoms with E-state index >= 15 is 0 Å². The molecule has 0 spiro atoms. The van der Waals surface area contributed by atoms with Gasteiger partial charge in [0.25, 0.3) is 0 Å². The van der Waals surface area contributed by atoms with E-state index in [-0.39, 0.29) is 5.41 Å². The van der Waals surface area contributed by atoms with Crippen LogP contribution >= 0.6 is 7.82 Å². The number of nitrogens with zero attached hydrogens (tertiary/aromatic N) is 3. The third-order valence-corrected chi connectivity index (χ3v) is 9.33. The highest BCUT2D eigenvalue weighted by Crippen LogP contribution is 2.51. The molecule has 2 aromatic rings. The Labute approximate surface area is 287 Å². The van der Waals surface area contributed by atoms with Crippen LogP contribution in [0.25, 0.3) is 0 Å². The van der Waals surface area contributed by atoms with Crippen LogP contribution in [-0.4, -0.2) is 140 Å². The largest absolute Gasteiger partial charge is 0.480 e. The summed E-state index contributed by atoms with van der Waals surface area (Å²) in [6.45, 7) is -6.07. The molecule has 3 rings (SSSR count). The second kappa shape index (κ2) is 18.7. The molecule has 6 N–H and O–H groups in total. The van der Waals surface area contributed by atoms with E-state index in [9.17, 15) is 59.0 Å². The van der Waals surface area contributed by atoms with Crippen molar-refractivity contribution < 1.29 is 68.0 Å². The van der Waals surface area contributed by atoms with Gasteiger partial charge in [-0.1, -0.05) is 60.7 Å². The van der Waals surface area contributed by atoms with Crippen molar-refractivity contribution in [1.29, 1.82) is 0 Å². The van der Waals surface area contributed by atoms with Crippen molar-refractivity contribution in [2.45, 2.75) is 43.2 Å². The fraction of sp³-hybridized carbons (Fsp3) is 0.469. The number of carboxylic acids is 5. The Morgan fingerprint density at radius 1 is 0.700 bits per heavy atom. The average Bonchev–Trinajstić information content (AvgIpc) is 3.02. The molecule has 0 amide bonds. The summed E-state index contributed by atoms with van der Waals surface area (Å²) in [4.78, 5) is 71.2. The van der Waals surface area contributed by atoms with Gasteiger partial charge < -0.3 is 30.4 Å². The summed E-state index contributed by atoms with van der Waals surface area (Å²) >= 11 is 0. The third kappa shape index (κ3) is 12.9. The minimum Gasteiger partial charge on any atom is -0.480 e. The van der Waals surface area contributed by atoms with Crippen LogP contribution in [0.1, 0.15) is 36.8 Å². The molecule has 2 atom stereocenters. The van der Waals surface area contributed by atoms with Gasteiger partial charge in [-0.2, -0.15) is 0 Å². The molecule has 0 bridgehead atoms. The number of carboxylic acid groups (broad SMARTS) is 5. The van der Waals surface area contributed by atoms with Crippen LogP contribution in [0.2, 0.25) is 0 Å². The van der Waals surface area contributed by atoms with Crippen LogP contribution in [-0.2, 0) is 43.0 Å². The highest BCUT2D eigenvalue weighted by atomic mass is 31.2. The van der Waals surface area contributed by atoms with Gasteiger partial charge in [0.2, 0.25) is 0 Å². The molecular weight excluding hydrogens is 681 g/mol. The lowest BCUT2D eigenvalue weighted by atomic mass is 9.65. The molecular formula is C32H42N3O14P. The standard InChI is InChI=1S/C32H42N3O14P/c36-27(37)16-33(22-34(17-28(38)39)18-29(40)41)15-25(35(19-30(42)43)20-31(44)45)21-48-50(46,47)49-26-11-13-32(14-12-26,23-7-3-1-4-8-23)24-9-5-2-6-10-24/h1-10,25-26H,11-22H2,(H,36,37)(H,38,39)(H,40,41)(H,42,43)(H,44,45)(H,46,47)/t25-/m1/s1. The molecule has 50 heavy (non-hydrogen) atoms. The number of rotatable bonds is 22. The molecule has 18 heteroatoms. The van der Waals surface area contributed by atoms with Gasteiger partial charge in [-0.3, -0.25) is 47.7 Å². The second-order valence-corrected chi connectivity index (χ2v) is 13.5. The monoisotopic (exact) mass is 723 g/mol. The smallest absolute Gasteiger partial charge is 0.472 e. The zero-order valence-corrected chi connectivity index (χ0v) is 28.0. The number of phosphoric acid groups is 1. The van der Waals surface area contributed by atoms with Crippen molar-refractivity contribution >= 4 is 37.7 Å². The normalized spacial score (nSPS) is 16.6. The van der Waals surface area contributed by atoms with E-state index in [1.807, 2.05) is 60.7 Å². The highest BCUT2D eigenvalue weighted by Gasteiger charge is 2.41. The van der Waals surface area contributed by atoms with E-state index in [1.54, 1.807) is 0 Å². The predicted octanol–water partition coefficient (Wildman–Crippen LogP) is 1.70. The summed E-state index contributed by atoms with van der Waals surface area (Å²) in [5.41, 5.74) is 1.80. The maximum atomic E-state index is 13.3. The highest BCUT2D eigenvalue weighted by molar-refractivity contribution is 7.47. The minimum atomic E-state index is -4.87. The van der Waals surface area contributed by atoms with Crippen LogP contribution in [0.15, 0.2) is 60.7 Å². The van der Waals surface area contributed by atoms with Crippen molar-refractivity contribution in [2.24, 2.45) is 0 Å². The Morgan fingerprint density at radius 2 is 1.12 bits per heavy atom. The second-order valence-electron chi connectivity index (χ2n) is 12.1. The summed E-state index contributed by atoms with van der Waals surface area (Å²) in [5.74, 6) is -7.18. The van der Waals surface area contributed by atoms with E-state index in [4.69, 9.17) is 9.05 Å². The fourth-order valence-corrected chi connectivity index (χ4v) is 7.27. The van der Waals surface area contributed by atoms with Gasteiger partial charge in [-0.05, 0) is 36.8 Å². The molecule has 0 heterocycles. The molecule has 1 aliphatic carbocycles. The fourth-order valence-electron chi connectivity index (χ4n) is 6.27. The van der Waals surface area contributed by atoms with Crippen LogP contribution in [0.5, 0.6) is 0 Å². The Balaban J connectivity index is 1.79. The van der Waals surface area contributed by atoms with E-state index in [0.29, 0.717) is 25.7 Å². The zero-order valence-electron chi connectivity index (χ0n) is 27.2. The van der Waals surface area contributed by atoms with Gasteiger partial charge in [-0.25, -0.2) is 4.57 Å². The number of benzene rings is 2. The SMILES string of the molecule is O=C(O)CN(CC(=O)O)CN(CC(=O)O)C[C@H](COP(=O)(O)OC1CCC(c2ccccc2)(c2ccccc2)CC1)N(CC(=O)O)CC(=O)O. The molecule has 1 fully saturated rings. The first kappa shape index (κ1) is 40.2. The Hall–Kier alpha value is -4.22. The lowest BCUT2D eigenvalue weighted by Gasteiger charge is -2.41. The van der Waals surface area contributed by atoms with Crippen LogP contribution < -0.4 is 0 Å². The van der Waals surface area contributed by atoms with E-state index < -0.39 is 102 Å². The maximum absolute atomic E-state index is 13.3. The first-order chi connectivity index (χ1) is 23.6. The van der Waals surface area contributed by atoms with Crippen molar-refractivity contribution in [1.82, 2.24) is 14.7 Å². The van der Waals surface area contributed by atoms with Crippen LogP contribution in [0, 0.1) is 0 Å². The molecule has 1 aliphatic rings. The van der Waals surface area contributed by atoms with Gasteiger partial charge >= 0.3 is 37.7 Å². The quantitative estimate of drug-likeness (QED) is 0.0747. The minimum absolute atomic E-state index is 0.370. The van der Waals surface area contributed by atoms with Gasteiger partial charge in [-0.15, -0.1) is 0 Å². The van der Waals surface area contributed by atoms with Crippen molar-refractivity contribution in [3.63, 3.8) is 0 Å². The zero-order chi connectivity index (χ0) is 36.9. The number of hydrogen-bond acceptors (Lipinski definition) is 11. The van der Waals surface area contributed by atoms with Crippen molar-refractivity contribution in [2.75, 3.05) is 52.5 Å². The number of aliphatic carboxylic acids is 5. The van der Waals surface area contributed by atoms with E-state index in [1.165, 1.54) is 0 Å². The molecule has 2 aromatic carbocycles. The van der Waals surface area contributed by atoms with E-state index in [2.05, 4.69) is 0 Å². The van der Waals surface area contributed by atoms with Crippen LogP contribution in [0.4, 0.5) is 0 Å². The first-order valence-electron chi connectivity index (χ1n) is 15.6. The van der Waals surface area contributed by atoms with E-state index in [0.717, 1.165) is 25.8 Å². The number of phosphoric ester groups is 1. The lowest BCUT2D eigenvalue weighted by Crippen LogP contribution is -2.53. The summed E-state index contributed by atoms with van der Waals surface area (Å²) in [6, 6.07) is 18.4. The number of carbonyl (C=O) groups is 5. The maximum Gasteiger partial charge on any atom is 0.472 e. The molecule has 0 aromatic heterocycles. The van der Waals surface area contributed by atoms with Gasteiger partial charge in [0.1, 0.15) is 0 Å². The third-order valence-electron chi connectivity index (χ3n) is 8.29. The summed E-state index contributed by atoms with van der Waals surface area (Å²) in [7, 11) is -4.87. The van der Waals surface area contributed by atoms with Crippen molar-refractivity contribution in [3.05, 3.63) is 71.8 Å². The first-order valence-corrected chi connectivity index (χ1v) is 17.1. The van der Waals surface area contributed by atoms with Crippen molar-refractivity contribution in [3.8, 4) is 0 Å². The van der Waals surface area contributed by atoms with Crippen LogP contribution in [0.3, 0.4) is 0 Å². The Morgan fingerprint density at radius 3 is 1.54 bits per heavy atom. The topological polar surface area (TPSA) is 252 Å². The molecule has 274 valence electrons. The Bertz CT molecular complexity index is 1430. The molecule has 0 saturated heterocycles. The average molecular weight is 724 g/mol.